The summed E-state index contributed by atoms with van der Waals surface area (Å²) < 4.78 is 18.7. The highest BCUT2D eigenvalue weighted by Crippen LogP contribution is 2.23. The van der Waals surface area contributed by atoms with Gasteiger partial charge in [0, 0.05) is 0 Å². The fourth-order valence-electron chi connectivity index (χ4n) is 1.26. The molecule has 16 heavy (non-hydrogen) atoms. The first-order valence-electron chi connectivity index (χ1n) is 4.79. The second-order valence-electron chi connectivity index (χ2n) is 2.93. The number of carbonyl (C=O) groups is 1. The van der Waals surface area contributed by atoms with Crippen molar-refractivity contribution in [3.63, 3.8) is 0 Å². The van der Waals surface area contributed by atoms with Gasteiger partial charge in [0.1, 0.15) is 6.61 Å². The van der Waals surface area contributed by atoms with Crippen LogP contribution in [0.15, 0.2) is 12.1 Å². The first kappa shape index (κ1) is 12.6. The molecule has 0 saturated heterocycles. The van der Waals surface area contributed by atoms with Gasteiger partial charge in [-0.3, -0.25) is 4.79 Å². The molecule has 0 aliphatic heterocycles. The van der Waals surface area contributed by atoms with Crippen molar-refractivity contribution < 1.29 is 23.7 Å². The van der Waals surface area contributed by atoms with Crippen LogP contribution < -0.4 is 4.74 Å². The largest absolute Gasteiger partial charge is 0.491 e. The zero-order valence-corrected chi connectivity index (χ0v) is 9.16. The Morgan fingerprint density at radius 2 is 2.19 bits per heavy atom. The normalized spacial score (nSPS) is 10.2. The van der Waals surface area contributed by atoms with Crippen molar-refractivity contribution in [2.45, 2.75) is 13.5 Å². The van der Waals surface area contributed by atoms with Crippen LogP contribution in [0.2, 0.25) is 0 Å². The van der Waals surface area contributed by atoms with Crippen LogP contribution in [0.25, 0.3) is 0 Å². The third-order valence-corrected chi connectivity index (χ3v) is 1.98. The first-order chi connectivity index (χ1) is 7.74. The van der Waals surface area contributed by atoms with Gasteiger partial charge in [0.25, 0.3) is 0 Å². The Labute approximate surface area is 92.9 Å². The van der Waals surface area contributed by atoms with Crippen LogP contribution in [0, 0.1) is 5.82 Å². The van der Waals surface area contributed by atoms with E-state index >= 15 is 0 Å². The van der Waals surface area contributed by atoms with Gasteiger partial charge in [-0.25, -0.2) is 14.2 Å². The Balaban J connectivity index is 3.03. The predicted octanol–water partition coefficient (Wildman–Crippen LogP) is 2.11. The summed E-state index contributed by atoms with van der Waals surface area (Å²) in [5.41, 5.74) is 0.348. The summed E-state index contributed by atoms with van der Waals surface area (Å²) in [4.78, 5) is 19.8. The van der Waals surface area contributed by atoms with Crippen LogP contribution in [0.1, 0.15) is 22.8 Å². The Morgan fingerprint density at radius 1 is 1.44 bits per heavy atom. The first-order valence-corrected chi connectivity index (χ1v) is 4.79. The molecule has 5 heteroatoms. The lowest BCUT2D eigenvalue weighted by molar-refractivity contribution is -0.282. The Kier molecular flexibility index (Phi) is 4.88. The van der Waals surface area contributed by atoms with Gasteiger partial charge in [0.2, 0.25) is 0 Å². The van der Waals surface area contributed by atoms with E-state index in [1.165, 1.54) is 13.2 Å². The molecule has 0 aliphatic rings. The van der Waals surface area contributed by atoms with E-state index in [-0.39, 0.29) is 17.9 Å². The van der Waals surface area contributed by atoms with E-state index in [0.29, 0.717) is 18.5 Å². The molecule has 0 N–H and O–H groups in total. The number of ether oxygens (including phenoxy) is 1. The number of halogens is 1. The SMILES string of the molecule is CCOc1ccc(COOC)c(C=O)c1F. The zero-order chi connectivity index (χ0) is 12.0. The maximum Gasteiger partial charge on any atom is 0.175 e. The van der Waals surface area contributed by atoms with Gasteiger partial charge in [0.05, 0.1) is 19.3 Å². The summed E-state index contributed by atoms with van der Waals surface area (Å²) in [6.45, 7) is 2.08. The van der Waals surface area contributed by atoms with Crippen molar-refractivity contribution in [1.29, 1.82) is 0 Å². The minimum Gasteiger partial charge on any atom is -0.491 e. The van der Waals surface area contributed by atoms with Crippen molar-refractivity contribution in [2.24, 2.45) is 0 Å². The predicted molar refractivity (Wildman–Crippen MR) is 54.8 cm³/mol. The molecule has 1 rings (SSSR count). The molecule has 4 nitrogen and oxygen atoms in total. The molecule has 0 saturated carbocycles. The third-order valence-electron chi connectivity index (χ3n) is 1.98. The van der Waals surface area contributed by atoms with Gasteiger partial charge in [-0.15, -0.1) is 0 Å². The van der Waals surface area contributed by atoms with Crippen molar-refractivity contribution >= 4 is 6.29 Å². The highest BCUT2D eigenvalue weighted by molar-refractivity contribution is 5.78. The molecule has 0 amide bonds. The molecule has 0 fully saturated rings. The maximum absolute atomic E-state index is 13.7. The van der Waals surface area contributed by atoms with Crippen LogP contribution in [0.5, 0.6) is 5.75 Å². The van der Waals surface area contributed by atoms with E-state index in [1.807, 2.05) is 0 Å². The third kappa shape index (κ3) is 2.77. The molecule has 0 radical (unpaired) electrons. The van der Waals surface area contributed by atoms with Crippen molar-refractivity contribution in [1.82, 2.24) is 0 Å². The molecule has 1 aromatic rings. The number of rotatable bonds is 6. The van der Waals surface area contributed by atoms with Gasteiger partial charge < -0.3 is 4.74 Å². The number of aldehydes is 1. The van der Waals surface area contributed by atoms with E-state index in [4.69, 9.17) is 4.74 Å². The summed E-state index contributed by atoms with van der Waals surface area (Å²) in [7, 11) is 1.34. The zero-order valence-electron chi connectivity index (χ0n) is 9.16. The minimum atomic E-state index is -0.672. The molecular weight excluding hydrogens is 215 g/mol. The molecule has 0 unspecified atom stereocenters. The molecule has 0 bridgehead atoms. The van der Waals surface area contributed by atoms with E-state index < -0.39 is 5.82 Å². The molecule has 0 heterocycles. The Bertz CT molecular complexity index is 365. The van der Waals surface area contributed by atoms with Crippen molar-refractivity contribution in [3.05, 3.63) is 29.1 Å². The highest BCUT2D eigenvalue weighted by atomic mass is 19.1. The summed E-state index contributed by atoms with van der Waals surface area (Å²) >= 11 is 0. The monoisotopic (exact) mass is 228 g/mol. The maximum atomic E-state index is 13.7. The quantitative estimate of drug-likeness (QED) is 0.425. The minimum absolute atomic E-state index is 0.00784. The molecule has 0 spiro atoms. The van der Waals surface area contributed by atoms with Crippen molar-refractivity contribution in [2.75, 3.05) is 13.7 Å². The number of benzene rings is 1. The van der Waals surface area contributed by atoms with Gasteiger partial charge in [-0.2, -0.15) is 0 Å². The fraction of sp³-hybridized carbons (Fsp3) is 0.364. The summed E-state index contributed by atoms with van der Waals surface area (Å²) in [6.07, 6.45) is 0.437. The van der Waals surface area contributed by atoms with Crippen LogP contribution in [0.3, 0.4) is 0 Å². The molecule has 88 valence electrons. The lowest BCUT2D eigenvalue weighted by Gasteiger charge is -2.09. The Hall–Kier alpha value is -1.46. The average Bonchev–Trinajstić information content (AvgIpc) is 2.30. The summed E-state index contributed by atoms with van der Waals surface area (Å²) in [6, 6.07) is 3.02. The lowest BCUT2D eigenvalue weighted by Crippen LogP contribution is -2.03. The van der Waals surface area contributed by atoms with Gasteiger partial charge >= 0.3 is 0 Å². The fourth-order valence-corrected chi connectivity index (χ4v) is 1.26. The smallest absolute Gasteiger partial charge is 0.175 e. The van der Waals surface area contributed by atoms with Crippen LogP contribution in [-0.4, -0.2) is 20.0 Å². The lowest BCUT2D eigenvalue weighted by atomic mass is 10.1. The van der Waals surface area contributed by atoms with Crippen LogP contribution >= 0.6 is 0 Å². The standard InChI is InChI=1S/C11H13FO4/c1-3-15-10-5-4-8(7-16-14-2)9(6-13)11(10)12/h4-6H,3,7H2,1-2H3. The van der Waals surface area contributed by atoms with Gasteiger partial charge in [0.15, 0.2) is 17.9 Å². The molecule has 1 aromatic carbocycles. The topological polar surface area (TPSA) is 44.8 Å². The second-order valence-corrected chi connectivity index (χ2v) is 2.93. The Morgan fingerprint density at radius 3 is 2.75 bits per heavy atom. The second kappa shape index (κ2) is 6.19. The highest BCUT2D eigenvalue weighted by Gasteiger charge is 2.13. The van der Waals surface area contributed by atoms with E-state index in [0.717, 1.165) is 0 Å². The van der Waals surface area contributed by atoms with Crippen LogP contribution in [0.4, 0.5) is 4.39 Å². The van der Waals surface area contributed by atoms with Crippen molar-refractivity contribution in [3.8, 4) is 5.75 Å². The van der Waals surface area contributed by atoms with E-state index in [9.17, 15) is 9.18 Å². The summed E-state index contributed by atoms with van der Waals surface area (Å²) in [5, 5.41) is 0. The summed E-state index contributed by atoms with van der Waals surface area (Å²) in [5.74, 6) is -0.611. The van der Waals surface area contributed by atoms with Crippen LogP contribution in [-0.2, 0) is 16.4 Å². The van der Waals surface area contributed by atoms with E-state index in [1.54, 1.807) is 13.0 Å². The average molecular weight is 228 g/mol. The molecule has 0 atom stereocenters. The number of hydrogen-bond acceptors (Lipinski definition) is 4. The molecule has 0 aliphatic carbocycles. The van der Waals surface area contributed by atoms with Gasteiger partial charge in [-0.05, 0) is 18.6 Å². The number of hydrogen-bond donors (Lipinski definition) is 0. The van der Waals surface area contributed by atoms with E-state index in [2.05, 4.69) is 9.78 Å². The molecule has 0 aromatic heterocycles. The number of carbonyl (C=O) groups excluding carboxylic acids is 1. The van der Waals surface area contributed by atoms with Gasteiger partial charge in [-0.1, -0.05) is 6.07 Å². The molecular formula is C11H13FO4.